The molecule has 0 bridgehead atoms. The molecule has 0 aliphatic heterocycles. The van der Waals surface area contributed by atoms with Crippen molar-refractivity contribution in [1.82, 2.24) is 4.57 Å². The monoisotopic (exact) mass is 331 g/mol. The second kappa shape index (κ2) is 5.21. The third-order valence-corrected chi connectivity index (χ3v) is 4.15. The molecule has 0 spiro atoms. The highest BCUT2D eigenvalue weighted by Gasteiger charge is 2.08. The normalized spacial score (nSPS) is 10.9. The highest BCUT2D eigenvalue weighted by molar-refractivity contribution is 9.10. The Morgan fingerprint density at radius 2 is 1.85 bits per heavy atom. The molecule has 2 nitrogen and oxygen atoms in total. The molecule has 0 aliphatic carbocycles. The van der Waals surface area contributed by atoms with Crippen LogP contribution in [0.25, 0.3) is 10.8 Å². The standard InChI is InChI=1S/C16H11BrFNO/c17-15-12(5-3-7-14(15)18)10-19-9-8-11-4-1-2-6-13(11)16(19)20/h1-9H,10H2. The summed E-state index contributed by atoms with van der Waals surface area (Å²) in [5, 5.41) is 1.58. The first-order valence-corrected chi connectivity index (χ1v) is 6.97. The van der Waals surface area contributed by atoms with Crippen LogP contribution in [0.15, 0.2) is 64.0 Å². The molecule has 0 fully saturated rings. The quantitative estimate of drug-likeness (QED) is 0.696. The van der Waals surface area contributed by atoms with Crippen LogP contribution in [0.5, 0.6) is 0 Å². The van der Waals surface area contributed by atoms with Gasteiger partial charge in [0.1, 0.15) is 5.82 Å². The molecule has 0 atom stereocenters. The molecule has 4 heteroatoms. The number of rotatable bonds is 2. The number of halogens is 2. The van der Waals surface area contributed by atoms with Crippen molar-refractivity contribution in [2.75, 3.05) is 0 Å². The fourth-order valence-electron chi connectivity index (χ4n) is 2.21. The lowest BCUT2D eigenvalue weighted by Gasteiger charge is -2.09. The second-order valence-corrected chi connectivity index (χ2v) is 5.34. The van der Waals surface area contributed by atoms with Gasteiger partial charge in [-0.25, -0.2) is 4.39 Å². The van der Waals surface area contributed by atoms with E-state index in [1.54, 1.807) is 29.0 Å². The molecule has 0 amide bonds. The molecular formula is C16H11BrFNO. The highest BCUT2D eigenvalue weighted by atomic mass is 79.9. The molecule has 0 N–H and O–H groups in total. The molecule has 3 aromatic rings. The Labute approximate surface area is 123 Å². The molecule has 0 saturated carbocycles. The van der Waals surface area contributed by atoms with Gasteiger partial charge in [0.15, 0.2) is 0 Å². The van der Waals surface area contributed by atoms with Crippen molar-refractivity contribution in [3.05, 3.63) is 80.9 Å². The van der Waals surface area contributed by atoms with E-state index in [4.69, 9.17) is 0 Å². The van der Waals surface area contributed by atoms with Crippen LogP contribution >= 0.6 is 15.9 Å². The lowest BCUT2D eigenvalue weighted by Crippen LogP contribution is -2.20. The van der Waals surface area contributed by atoms with Gasteiger partial charge < -0.3 is 4.57 Å². The number of fused-ring (bicyclic) bond motifs is 1. The maximum absolute atomic E-state index is 13.5. The van der Waals surface area contributed by atoms with Crippen molar-refractivity contribution in [3.63, 3.8) is 0 Å². The number of benzene rings is 2. The van der Waals surface area contributed by atoms with E-state index in [9.17, 15) is 9.18 Å². The van der Waals surface area contributed by atoms with Gasteiger partial charge in [-0.05, 0) is 45.1 Å². The number of nitrogens with zero attached hydrogens (tertiary/aromatic N) is 1. The van der Waals surface area contributed by atoms with Crippen LogP contribution < -0.4 is 5.56 Å². The summed E-state index contributed by atoms with van der Waals surface area (Å²) < 4.78 is 15.5. The smallest absolute Gasteiger partial charge is 0.258 e. The van der Waals surface area contributed by atoms with Crippen LogP contribution in [-0.2, 0) is 6.54 Å². The zero-order valence-corrected chi connectivity index (χ0v) is 12.1. The summed E-state index contributed by atoms with van der Waals surface area (Å²) in [6, 6.07) is 14.2. The predicted molar refractivity (Wildman–Crippen MR) is 81.4 cm³/mol. The summed E-state index contributed by atoms with van der Waals surface area (Å²) in [7, 11) is 0. The van der Waals surface area contributed by atoms with Crippen molar-refractivity contribution in [2.24, 2.45) is 0 Å². The van der Waals surface area contributed by atoms with E-state index >= 15 is 0 Å². The topological polar surface area (TPSA) is 22.0 Å². The van der Waals surface area contributed by atoms with Gasteiger partial charge in [-0.1, -0.05) is 30.3 Å². The SMILES string of the molecule is O=c1c2ccccc2ccn1Cc1cccc(F)c1Br. The zero-order chi connectivity index (χ0) is 14.1. The number of pyridine rings is 1. The van der Waals surface area contributed by atoms with E-state index in [2.05, 4.69) is 15.9 Å². The molecule has 0 radical (unpaired) electrons. The van der Waals surface area contributed by atoms with Gasteiger partial charge in [0.25, 0.3) is 5.56 Å². The molecule has 0 aliphatic rings. The Kier molecular flexibility index (Phi) is 3.40. The summed E-state index contributed by atoms with van der Waals surface area (Å²) in [6.07, 6.45) is 1.74. The third kappa shape index (κ3) is 2.27. The molecule has 3 rings (SSSR count). The molecule has 20 heavy (non-hydrogen) atoms. The second-order valence-electron chi connectivity index (χ2n) is 4.55. The van der Waals surface area contributed by atoms with Gasteiger partial charge in [-0.3, -0.25) is 4.79 Å². The van der Waals surface area contributed by atoms with Crippen molar-refractivity contribution >= 4 is 26.7 Å². The molecule has 0 saturated heterocycles. The van der Waals surface area contributed by atoms with Gasteiger partial charge in [0.2, 0.25) is 0 Å². The minimum Gasteiger partial charge on any atom is -0.311 e. The van der Waals surface area contributed by atoms with E-state index in [0.717, 1.165) is 10.9 Å². The van der Waals surface area contributed by atoms with Crippen LogP contribution in [-0.4, -0.2) is 4.57 Å². The minimum atomic E-state index is -0.323. The van der Waals surface area contributed by atoms with Crippen LogP contribution in [0, 0.1) is 5.82 Å². The summed E-state index contributed by atoms with van der Waals surface area (Å²) in [5.74, 6) is -0.323. The average Bonchev–Trinajstić information content (AvgIpc) is 2.47. The van der Waals surface area contributed by atoms with Gasteiger partial charge in [0.05, 0.1) is 11.0 Å². The largest absolute Gasteiger partial charge is 0.311 e. The maximum Gasteiger partial charge on any atom is 0.258 e. The lowest BCUT2D eigenvalue weighted by molar-refractivity contribution is 0.615. The first-order valence-electron chi connectivity index (χ1n) is 6.18. The summed E-state index contributed by atoms with van der Waals surface area (Å²) in [4.78, 5) is 12.4. The Hall–Kier alpha value is -1.94. The molecule has 100 valence electrons. The number of hydrogen-bond acceptors (Lipinski definition) is 1. The molecule has 0 unspecified atom stereocenters. The molecule has 1 heterocycles. The Balaban J connectivity index is 2.10. The fourth-order valence-corrected chi connectivity index (χ4v) is 2.60. The van der Waals surface area contributed by atoms with Gasteiger partial charge in [-0.2, -0.15) is 0 Å². The van der Waals surface area contributed by atoms with Gasteiger partial charge >= 0.3 is 0 Å². The van der Waals surface area contributed by atoms with E-state index < -0.39 is 0 Å². The van der Waals surface area contributed by atoms with Crippen molar-refractivity contribution < 1.29 is 4.39 Å². The van der Waals surface area contributed by atoms with E-state index in [1.807, 2.05) is 24.3 Å². The maximum atomic E-state index is 13.5. The predicted octanol–water partition coefficient (Wildman–Crippen LogP) is 3.95. The van der Waals surface area contributed by atoms with Crippen molar-refractivity contribution in [3.8, 4) is 0 Å². The number of hydrogen-bond donors (Lipinski definition) is 0. The Morgan fingerprint density at radius 3 is 2.70 bits per heavy atom. The third-order valence-electron chi connectivity index (χ3n) is 3.26. The Bertz CT molecular complexity index is 841. The van der Waals surface area contributed by atoms with E-state index in [1.165, 1.54) is 6.07 Å². The van der Waals surface area contributed by atoms with Crippen LogP contribution in [0.1, 0.15) is 5.56 Å². The summed E-state index contributed by atoms with van der Waals surface area (Å²) in [6.45, 7) is 0.335. The first-order chi connectivity index (χ1) is 9.66. The van der Waals surface area contributed by atoms with Crippen LogP contribution in [0.4, 0.5) is 4.39 Å². The average molecular weight is 332 g/mol. The molecule has 2 aromatic carbocycles. The summed E-state index contributed by atoms with van der Waals surface area (Å²) >= 11 is 3.22. The van der Waals surface area contributed by atoms with Crippen molar-refractivity contribution in [2.45, 2.75) is 6.54 Å². The fraction of sp³-hybridized carbons (Fsp3) is 0.0625. The Morgan fingerprint density at radius 1 is 1.05 bits per heavy atom. The van der Waals surface area contributed by atoms with Gasteiger partial charge in [-0.15, -0.1) is 0 Å². The van der Waals surface area contributed by atoms with E-state index in [-0.39, 0.29) is 11.4 Å². The summed E-state index contributed by atoms with van der Waals surface area (Å²) in [5.41, 5.74) is 0.668. The highest BCUT2D eigenvalue weighted by Crippen LogP contribution is 2.21. The minimum absolute atomic E-state index is 0.0701. The van der Waals surface area contributed by atoms with Crippen molar-refractivity contribution in [1.29, 1.82) is 0 Å². The van der Waals surface area contributed by atoms with Crippen LogP contribution in [0.2, 0.25) is 0 Å². The molecule has 1 aromatic heterocycles. The lowest BCUT2D eigenvalue weighted by atomic mass is 10.1. The van der Waals surface area contributed by atoms with Gasteiger partial charge in [0, 0.05) is 11.6 Å². The molecular weight excluding hydrogens is 321 g/mol. The number of aromatic nitrogens is 1. The van der Waals surface area contributed by atoms with Crippen LogP contribution in [0.3, 0.4) is 0 Å². The van der Waals surface area contributed by atoms with E-state index in [0.29, 0.717) is 16.4 Å². The first kappa shape index (κ1) is 13.1. The zero-order valence-electron chi connectivity index (χ0n) is 10.5.